The Bertz CT molecular complexity index is 665. The molecule has 0 saturated carbocycles. The number of ether oxygens (including phenoxy) is 1. The van der Waals surface area contributed by atoms with Crippen molar-refractivity contribution < 1.29 is 9.53 Å². The van der Waals surface area contributed by atoms with Crippen LogP contribution in [0.25, 0.3) is 0 Å². The van der Waals surface area contributed by atoms with Gasteiger partial charge in [0.05, 0.1) is 17.7 Å². The van der Waals surface area contributed by atoms with Gasteiger partial charge in [0, 0.05) is 22.4 Å². The minimum Gasteiger partial charge on any atom is -0.497 e. The molecule has 2 rings (SSSR count). The molecule has 0 aliphatic carbocycles. The molecular formula is C13H9BrCl2N2O2. The molecule has 1 N–H and O–H groups in total. The Morgan fingerprint density at radius 2 is 2.05 bits per heavy atom. The Balaban J connectivity index is 2.23. The highest BCUT2D eigenvalue weighted by atomic mass is 79.9. The average molecular weight is 376 g/mol. The summed E-state index contributed by atoms with van der Waals surface area (Å²) in [4.78, 5) is 15.9. The van der Waals surface area contributed by atoms with Gasteiger partial charge in [-0.2, -0.15) is 0 Å². The Hall–Kier alpha value is -1.30. The lowest BCUT2D eigenvalue weighted by Crippen LogP contribution is -2.12. The number of nitrogens with one attached hydrogen (secondary N) is 1. The normalized spacial score (nSPS) is 10.2. The third-order valence-electron chi connectivity index (χ3n) is 2.42. The lowest BCUT2D eigenvalue weighted by atomic mass is 10.2. The summed E-state index contributed by atoms with van der Waals surface area (Å²) < 4.78 is 5.92. The standard InChI is InChI=1S/C13H9BrCl2N2O2/c1-20-10-4-8(14)3-9(5-10)18-13(19)7-2-11(15)12(16)17-6-7/h2-6H,1H3,(H,18,19). The smallest absolute Gasteiger partial charge is 0.257 e. The fraction of sp³-hybridized carbons (Fsp3) is 0.0769. The van der Waals surface area contributed by atoms with E-state index >= 15 is 0 Å². The summed E-state index contributed by atoms with van der Waals surface area (Å²) in [6.07, 6.45) is 1.36. The molecule has 1 aromatic heterocycles. The summed E-state index contributed by atoms with van der Waals surface area (Å²) in [5.74, 6) is 0.290. The van der Waals surface area contributed by atoms with E-state index in [-0.39, 0.29) is 16.1 Å². The number of hydrogen-bond donors (Lipinski definition) is 1. The third kappa shape index (κ3) is 3.62. The molecule has 0 bridgehead atoms. The first kappa shape index (κ1) is 15.1. The predicted octanol–water partition coefficient (Wildman–Crippen LogP) is 4.41. The van der Waals surface area contributed by atoms with Crippen molar-refractivity contribution >= 4 is 50.7 Å². The average Bonchev–Trinajstić information content (AvgIpc) is 2.41. The van der Waals surface area contributed by atoms with Gasteiger partial charge in [-0.25, -0.2) is 4.98 Å². The molecule has 0 spiro atoms. The van der Waals surface area contributed by atoms with Crippen molar-refractivity contribution in [1.29, 1.82) is 0 Å². The second-order valence-electron chi connectivity index (χ2n) is 3.83. The zero-order chi connectivity index (χ0) is 14.7. The van der Waals surface area contributed by atoms with Crippen LogP contribution in [-0.4, -0.2) is 18.0 Å². The summed E-state index contributed by atoms with van der Waals surface area (Å²) in [5.41, 5.74) is 0.908. The number of halogens is 3. The van der Waals surface area contributed by atoms with Crippen molar-refractivity contribution in [2.45, 2.75) is 0 Å². The highest BCUT2D eigenvalue weighted by Crippen LogP contribution is 2.25. The van der Waals surface area contributed by atoms with Gasteiger partial charge in [-0.15, -0.1) is 0 Å². The molecule has 104 valence electrons. The molecule has 0 unspecified atom stereocenters. The van der Waals surface area contributed by atoms with Crippen LogP contribution < -0.4 is 10.1 Å². The van der Waals surface area contributed by atoms with Crippen LogP contribution in [0.15, 0.2) is 34.9 Å². The lowest BCUT2D eigenvalue weighted by Gasteiger charge is -2.08. The Morgan fingerprint density at radius 1 is 1.30 bits per heavy atom. The number of rotatable bonds is 3. The summed E-state index contributed by atoms with van der Waals surface area (Å²) in [7, 11) is 1.55. The van der Waals surface area contributed by atoms with Gasteiger partial charge in [-0.3, -0.25) is 4.79 Å². The number of methoxy groups -OCH3 is 1. The van der Waals surface area contributed by atoms with E-state index in [4.69, 9.17) is 27.9 Å². The van der Waals surface area contributed by atoms with Gasteiger partial charge < -0.3 is 10.1 Å². The maximum absolute atomic E-state index is 12.1. The van der Waals surface area contributed by atoms with E-state index in [1.54, 1.807) is 25.3 Å². The molecule has 0 aliphatic heterocycles. The lowest BCUT2D eigenvalue weighted by molar-refractivity contribution is 0.102. The summed E-state index contributed by atoms with van der Waals surface area (Å²) in [5, 5.41) is 3.12. The molecule has 20 heavy (non-hydrogen) atoms. The zero-order valence-electron chi connectivity index (χ0n) is 10.3. The van der Waals surface area contributed by atoms with Crippen LogP contribution in [0.3, 0.4) is 0 Å². The van der Waals surface area contributed by atoms with E-state index in [0.29, 0.717) is 17.0 Å². The van der Waals surface area contributed by atoms with Gasteiger partial charge in [0.1, 0.15) is 10.9 Å². The topological polar surface area (TPSA) is 51.2 Å². The number of carbonyl (C=O) groups is 1. The minimum atomic E-state index is -0.337. The van der Waals surface area contributed by atoms with Gasteiger partial charge in [0.2, 0.25) is 0 Å². The number of benzene rings is 1. The van der Waals surface area contributed by atoms with Crippen molar-refractivity contribution in [3.63, 3.8) is 0 Å². The largest absolute Gasteiger partial charge is 0.497 e. The van der Waals surface area contributed by atoms with E-state index in [0.717, 1.165) is 4.47 Å². The summed E-state index contributed by atoms with van der Waals surface area (Å²) in [6, 6.07) is 6.71. The van der Waals surface area contributed by atoms with E-state index < -0.39 is 0 Å². The number of nitrogens with zero attached hydrogens (tertiary/aromatic N) is 1. The van der Waals surface area contributed by atoms with Crippen LogP contribution in [0.2, 0.25) is 10.2 Å². The second-order valence-corrected chi connectivity index (χ2v) is 5.51. The quantitative estimate of drug-likeness (QED) is 0.808. The Kier molecular flexibility index (Phi) is 4.86. The zero-order valence-corrected chi connectivity index (χ0v) is 13.4. The number of amides is 1. The van der Waals surface area contributed by atoms with Crippen LogP contribution in [0.5, 0.6) is 5.75 Å². The first-order chi connectivity index (χ1) is 9.49. The van der Waals surface area contributed by atoms with Crippen molar-refractivity contribution in [1.82, 2.24) is 4.98 Å². The maximum atomic E-state index is 12.1. The molecule has 0 saturated heterocycles. The molecule has 1 heterocycles. The van der Waals surface area contributed by atoms with Gasteiger partial charge in [0.25, 0.3) is 5.91 Å². The van der Waals surface area contributed by atoms with Gasteiger partial charge >= 0.3 is 0 Å². The third-order valence-corrected chi connectivity index (χ3v) is 3.57. The van der Waals surface area contributed by atoms with Crippen molar-refractivity contribution in [3.8, 4) is 5.75 Å². The Labute approximate surface area is 134 Å². The second kappa shape index (κ2) is 6.43. The van der Waals surface area contributed by atoms with Crippen LogP contribution in [0, 0.1) is 0 Å². The molecule has 2 aromatic rings. The molecule has 7 heteroatoms. The SMILES string of the molecule is COc1cc(Br)cc(NC(=O)c2cnc(Cl)c(Cl)c2)c1. The number of aromatic nitrogens is 1. The number of carbonyl (C=O) groups excluding carboxylic acids is 1. The fourth-order valence-corrected chi connectivity index (χ4v) is 2.24. The van der Waals surface area contributed by atoms with E-state index in [9.17, 15) is 4.79 Å². The molecule has 1 amide bonds. The van der Waals surface area contributed by atoms with Gasteiger partial charge in [-0.05, 0) is 18.2 Å². The van der Waals surface area contributed by atoms with E-state index in [1.807, 2.05) is 0 Å². The minimum absolute atomic E-state index is 0.160. The summed E-state index contributed by atoms with van der Waals surface area (Å²) in [6.45, 7) is 0. The predicted molar refractivity (Wildman–Crippen MR) is 82.9 cm³/mol. The summed E-state index contributed by atoms with van der Waals surface area (Å²) >= 11 is 14.9. The van der Waals surface area contributed by atoms with Crippen molar-refractivity contribution in [2.75, 3.05) is 12.4 Å². The Morgan fingerprint density at radius 3 is 2.70 bits per heavy atom. The van der Waals surface area contributed by atoms with E-state index in [1.165, 1.54) is 12.3 Å². The van der Waals surface area contributed by atoms with Gasteiger partial charge in [0.15, 0.2) is 0 Å². The number of pyridine rings is 1. The molecule has 0 radical (unpaired) electrons. The first-order valence-corrected chi connectivity index (χ1v) is 7.01. The fourth-order valence-electron chi connectivity index (χ4n) is 1.50. The molecule has 4 nitrogen and oxygen atoms in total. The van der Waals surface area contributed by atoms with Crippen LogP contribution >= 0.6 is 39.1 Å². The molecule has 0 atom stereocenters. The van der Waals surface area contributed by atoms with Crippen molar-refractivity contribution in [2.24, 2.45) is 0 Å². The molecule has 0 aliphatic rings. The highest BCUT2D eigenvalue weighted by molar-refractivity contribution is 9.10. The van der Waals surface area contributed by atoms with Crippen LogP contribution in [0.1, 0.15) is 10.4 Å². The first-order valence-electron chi connectivity index (χ1n) is 5.46. The monoisotopic (exact) mass is 374 g/mol. The number of anilines is 1. The highest BCUT2D eigenvalue weighted by Gasteiger charge is 2.10. The number of hydrogen-bond acceptors (Lipinski definition) is 3. The maximum Gasteiger partial charge on any atom is 0.257 e. The van der Waals surface area contributed by atoms with Crippen molar-refractivity contribution in [3.05, 3.63) is 50.7 Å². The molecular weight excluding hydrogens is 367 g/mol. The van der Waals surface area contributed by atoms with Crippen LogP contribution in [0.4, 0.5) is 5.69 Å². The molecule has 0 fully saturated rings. The van der Waals surface area contributed by atoms with E-state index in [2.05, 4.69) is 26.2 Å². The van der Waals surface area contributed by atoms with Gasteiger partial charge in [-0.1, -0.05) is 39.1 Å². The molecule has 1 aromatic carbocycles. The van der Waals surface area contributed by atoms with Crippen LogP contribution in [-0.2, 0) is 0 Å².